The van der Waals surface area contributed by atoms with Crippen LogP contribution in [-0.2, 0) is 9.53 Å². The van der Waals surface area contributed by atoms with E-state index in [2.05, 4.69) is 4.74 Å². The second-order valence-electron chi connectivity index (χ2n) is 3.05. The molecule has 1 rings (SSSR count). The molecule has 0 aliphatic carbocycles. The molecule has 3 nitrogen and oxygen atoms in total. The highest BCUT2D eigenvalue weighted by molar-refractivity contribution is 6.66. The Morgan fingerprint density at radius 2 is 1.88 bits per heavy atom. The molecule has 0 heterocycles. The quantitative estimate of drug-likeness (QED) is 0.685. The first-order chi connectivity index (χ1) is 7.38. The van der Waals surface area contributed by atoms with Gasteiger partial charge in [-0.1, -0.05) is 30.3 Å². The van der Waals surface area contributed by atoms with Crippen LogP contribution in [0.4, 0.5) is 0 Å². The Hall–Kier alpha value is -0.480. The van der Waals surface area contributed by atoms with Gasteiger partial charge in [0.2, 0.25) is 0 Å². The maximum absolute atomic E-state index is 11.2. The predicted molar refractivity (Wildman–Crippen MR) is 62.4 cm³/mol. The van der Waals surface area contributed by atoms with E-state index >= 15 is 0 Å². The molecule has 6 heteroatoms. The number of halogens is 3. The summed E-state index contributed by atoms with van der Waals surface area (Å²) in [4.78, 5) is 11.2. The Morgan fingerprint density at radius 3 is 2.38 bits per heavy atom. The van der Waals surface area contributed by atoms with Crippen molar-refractivity contribution in [1.29, 1.82) is 0 Å². The molecule has 0 spiro atoms. The SMILES string of the molecule is O=C(CC(O)c1ccccc1)OC(Cl)(Cl)Cl. The summed E-state index contributed by atoms with van der Waals surface area (Å²) in [6.45, 7) is 0. The topological polar surface area (TPSA) is 46.5 Å². The number of rotatable bonds is 3. The maximum atomic E-state index is 11.2. The fourth-order valence-electron chi connectivity index (χ4n) is 1.12. The van der Waals surface area contributed by atoms with Gasteiger partial charge in [-0.15, -0.1) is 0 Å². The fraction of sp³-hybridized carbons (Fsp3) is 0.300. The lowest BCUT2D eigenvalue weighted by Gasteiger charge is -2.14. The van der Waals surface area contributed by atoms with Gasteiger partial charge in [0.05, 0.1) is 12.5 Å². The van der Waals surface area contributed by atoms with E-state index in [1.54, 1.807) is 30.3 Å². The summed E-state index contributed by atoms with van der Waals surface area (Å²) in [5, 5.41) is 9.66. The first-order valence-corrected chi connectivity index (χ1v) is 5.53. The molecule has 0 saturated heterocycles. The van der Waals surface area contributed by atoms with Gasteiger partial charge < -0.3 is 9.84 Å². The lowest BCUT2D eigenvalue weighted by atomic mass is 10.1. The Kier molecular flexibility index (Phi) is 4.87. The molecule has 0 amide bonds. The Bertz CT molecular complexity index is 348. The van der Waals surface area contributed by atoms with Gasteiger partial charge in [-0.25, -0.2) is 0 Å². The van der Waals surface area contributed by atoms with Crippen LogP contribution in [0.3, 0.4) is 0 Å². The second-order valence-corrected chi connectivity index (χ2v) is 5.23. The lowest BCUT2D eigenvalue weighted by Crippen LogP contribution is -2.18. The van der Waals surface area contributed by atoms with Crippen molar-refractivity contribution in [1.82, 2.24) is 0 Å². The van der Waals surface area contributed by atoms with E-state index in [1.807, 2.05) is 0 Å². The van der Waals surface area contributed by atoms with Crippen molar-refractivity contribution in [2.75, 3.05) is 0 Å². The van der Waals surface area contributed by atoms with Gasteiger partial charge in [-0.2, -0.15) is 0 Å². The van der Waals surface area contributed by atoms with Crippen molar-refractivity contribution in [3.63, 3.8) is 0 Å². The zero-order valence-corrected chi connectivity index (χ0v) is 10.3. The van der Waals surface area contributed by atoms with Gasteiger partial charge in [0.1, 0.15) is 0 Å². The fourth-order valence-corrected chi connectivity index (χ4v) is 1.38. The molecule has 88 valence electrons. The molecule has 1 unspecified atom stereocenters. The number of benzene rings is 1. The molecular formula is C10H9Cl3O3. The summed E-state index contributed by atoms with van der Waals surface area (Å²) < 4.78 is 2.34. The van der Waals surface area contributed by atoms with Crippen LogP contribution in [0.15, 0.2) is 30.3 Å². The van der Waals surface area contributed by atoms with Gasteiger partial charge in [-0.3, -0.25) is 4.79 Å². The number of carbonyl (C=O) groups is 1. The summed E-state index contributed by atoms with van der Waals surface area (Å²) in [7, 11) is 0. The molecular weight excluding hydrogens is 274 g/mol. The van der Waals surface area contributed by atoms with Crippen LogP contribution in [0.1, 0.15) is 18.1 Å². The Morgan fingerprint density at radius 1 is 1.31 bits per heavy atom. The summed E-state index contributed by atoms with van der Waals surface area (Å²) in [6, 6.07) is 8.67. The third kappa shape index (κ3) is 5.03. The van der Waals surface area contributed by atoms with Crippen molar-refractivity contribution < 1.29 is 14.6 Å². The molecule has 0 fully saturated rings. The molecule has 0 bridgehead atoms. The summed E-state index contributed by atoms with van der Waals surface area (Å²) in [5.41, 5.74) is 0.601. The van der Waals surface area contributed by atoms with Crippen LogP contribution in [0.5, 0.6) is 0 Å². The van der Waals surface area contributed by atoms with Gasteiger partial charge in [0.25, 0.3) is 0 Å². The van der Waals surface area contributed by atoms with Crippen LogP contribution < -0.4 is 0 Å². The number of aliphatic hydroxyl groups excluding tert-OH is 1. The Balaban J connectivity index is 2.52. The minimum absolute atomic E-state index is 0.266. The minimum atomic E-state index is -2.09. The molecule has 1 N–H and O–H groups in total. The molecule has 0 saturated carbocycles. The summed E-state index contributed by atoms with van der Waals surface area (Å²) >= 11 is 15.8. The van der Waals surface area contributed by atoms with Crippen LogP contribution in [0, 0.1) is 0 Å². The third-order valence-electron chi connectivity index (χ3n) is 1.77. The minimum Gasteiger partial charge on any atom is -0.414 e. The first kappa shape index (κ1) is 13.6. The van der Waals surface area contributed by atoms with E-state index in [-0.39, 0.29) is 6.42 Å². The van der Waals surface area contributed by atoms with Crippen molar-refractivity contribution in [2.24, 2.45) is 0 Å². The van der Waals surface area contributed by atoms with Gasteiger partial charge in [0.15, 0.2) is 0 Å². The van der Waals surface area contributed by atoms with Gasteiger partial charge in [-0.05, 0) is 40.4 Å². The number of esters is 1. The van der Waals surface area contributed by atoms with Crippen molar-refractivity contribution in [2.45, 2.75) is 16.5 Å². The summed E-state index contributed by atoms with van der Waals surface area (Å²) in [5.74, 6) is -0.781. The maximum Gasteiger partial charge on any atom is 0.340 e. The average Bonchev–Trinajstić information content (AvgIpc) is 2.16. The first-order valence-electron chi connectivity index (χ1n) is 4.40. The molecule has 1 aromatic carbocycles. The number of carbonyl (C=O) groups excluding carboxylic acids is 1. The van der Waals surface area contributed by atoms with Crippen molar-refractivity contribution in [3.8, 4) is 0 Å². The molecule has 16 heavy (non-hydrogen) atoms. The number of alkyl halides is 3. The monoisotopic (exact) mass is 282 g/mol. The van der Waals surface area contributed by atoms with E-state index in [1.165, 1.54) is 0 Å². The highest BCUT2D eigenvalue weighted by Gasteiger charge is 2.26. The van der Waals surface area contributed by atoms with E-state index < -0.39 is 16.1 Å². The number of hydrogen-bond acceptors (Lipinski definition) is 3. The number of ether oxygens (including phenoxy) is 1. The van der Waals surface area contributed by atoms with Crippen LogP contribution >= 0.6 is 34.8 Å². The number of aliphatic hydroxyl groups is 1. The van der Waals surface area contributed by atoms with Crippen LogP contribution in [0.25, 0.3) is 0 Å². The van der Waals surface area contributed by atoms with E-state index in [9.17, 15) is 9.90 Å². The van der Waals surface area contributed by atoms with Gasteiger partial charge in [0, 0.05) is 0 Å². The van der Waals surface area contributed by atoms with Gasteiger partial charge >= 0.3 is 9.95 Å². The zero-order chi connectivity index (χ0) is 12.2. The van der Waals surface area contributed by atoms with Crippen LogP contribution in [0.2, 0.25) is 0 Å². The standard InChI is InChI=1S/C10H9Cl3O3/c11-10(12,13)16-9(15)6-8(14)7-4-2-1-3-5-7/h1-5,8,14H,6H2. The lowest BCUT2D eigenvalue weighted by molar-refractivity contribution is -0.146. The van der Waals surface area contributed by atoms with E-state index in [0.717, 1.165) is 0 Å². The largest absolute Gasteiger partial charge is 0.414 e. The predicted octanol–water partition coefficient (Wildman–Crippen LogP) is 2.98. The highest BCUT2D eigenvalue weighted by Crippen LogP contribution is 2.29. The average molecular weight is 284 g/mol. The second kappa shape index (κ2) is 5.73. The molecule has 1 aromatic rings. The normalized spacial score (nSPS) is 13.2. The third-order valence-corrected chi connectivity index (χ3v) is 2.01. The van der Waals surface area contributed by atoms with Crippen LogP contribution in [-0.4, -0.2) is 15.1 Å². The zero-order valence-electron chi connectivity index (χ0n) is 8.07. The smallest absolute Gasteiger partial charge is 0.340 e. The summed E-state index contributed by atoms with van der Waals surface area (Å²) in [6.07, 6.45) is -1.24. The van der Waals surface area contributed by atoms with Crippen molar-refractivity contribution >= 4 is 40.8 Å². The molecule has 0 aliphatic heterocycles. The molecule has 0 aliphatic rings. The highest BCUT2D eigenvalue weighted by atomic mass is 35.6. The number of hydrogen-bond donors (Lipinski definition) is 1. The molecule has 1 atom stereocenters. The molecule has 0 radical (unpaired) electrons. The van der Waals surface area contributed by atoms with Crippen molar-refractivity contribution in [3.05, 3.63) is 35.9 Å². The molecule has 0 aromatic heterocycles. The Labute approximate surface area is 108 Å². The van der Waals surface area contributed by atoms with E-state index in [0.29, 0.717) is 5.56 Å². The van der Waals surface area contributed by atoms with E-state index in [4.69, 9.17) is 34.8 Å².